The first kappa shape index (κ1) is 15.7. The Labute approximate surface area is 117 Å². The number of carbonyl (C=O) groups excluding carboxylic acids is 1. The van der Waals surface area contributed by atoms with Crippen molar-refractivity contribution < 1.29 is 4.79 Å². The summed E-state index contributed by atoms with van der Waals surface area (Å²) in [6, 6.07) is 2.86. The van der Waals surface area contributed by atoms with Crippen LogP contribution in [0.5, 0.6) is 0 Å². The Morgan fingerprint density at radius 1 is 1.21 bits per heavy atom. The molecule has 0 N–H and O–H groups in total. The third-order valence-electron chi connectivity index (χ3n) is 3.35. The van der Waals surface area contributed by atoms with Crippen LogP contribution >= 0.6 is 0 Å². The number of aromatic nitrogens is 1. The number of ketones is 1. The summed E-state index contributed by atoms with van der Waals surface area (Å²) < 4.78 is 0. The smallest absolute Gasteiger partial charge is 0.164 e. The highest BCUT2D eigenvalue weighted by Gasteiger charge is 2.18. The Bertz CT molecular complexity index is 430. The summed E-state index contributed by atoms with van der Waals surface area (Å²) >= 11 is 0. The average molecular weight is 262 g/mol. The zero-order chi connectivity index (χ0) is 14.6. The molecule has 1 rings (SSSR count). The third-order valence-corrected chi connectivity index (χ3v) is 3.35. The molecule has 0 saturated carbocycles. The van der Waals surface area contributed by atoms with E-state index < -0.39 is 0 Å². The maximum absolute atomic E-state index is 11.9. The van der Waals surface area contributed by atoms with E-state index in [-0.39, 0.29) is 5.78 Å². The maximum atomic E-state index is 11.9. The van der Waals surface area contributed by atoms with Crippen molar-refractivity contribution in [3.63, 3.8) is 0 Å². The third kappa shape index (κ3) is 3.55. The minimum atomic E-state index is 0.177. The van der Waals surface area contributed by atoms with Crippen molar-refractivity contribution >= 4 is 11.6 Å². The van der Waals surface area contributed by atoms with Crippen LogP contribution in [0.25, 0.3) is 0 Å². The van der Waals surface area contributed by atoms with Gasteiger partial charge in [0.25, 0.3) is 0 Å². The number of pyridine rings is 1. The fourth-order valence-electron chi connectivity index (χ4n) is 2.49. The van der Waals surface area contributed by atoms with E-state index in [1.54, 1.807) is 6.20 Å². The second-order valence-electron chi connectivity index (χ2n) is 5.42. The van der Waals surface area contributed by atoms with Crippen LogP contribution < -0.4 is 4.90 Å². The molecule has 0 saturated heterocycles. The van der Waals surface area contributed by atoms with E-state index in [2.05, 4.69) is 50.6 Å². The van der Waals surface area contributed by atoms with Crippen LogP contribution in [0.15, 0.2) is 12.3 Å². The largest absolute Gasteiger partial charge is 0.352 e. The molecule has 0 aliphatic carbocycles. The number of rotatable bonds is 6. The first-order valence-corrected chi connectivity index (χ1v) is 7.22. The predicted molar refractivity (Wildman–Crippen MR) is 81.0 cm³/mol. The summed E-state index contributed by atoms with van der Waals surface area (Å²) in [5, 5.41) is 0. The van der Waals surface area contributed by atoms with E-state index in [1.165, 1.54) is 0 Å². The molecule has 0 bridgehead atoms. The molecule has 0 fully saturated rings. The first-order chi connectivity index (χ1) is 8.92. The van der Waals surface area contributed by atoms with E-state index in [0.29, 0.717) is 18.5 Å². The molecule has 0 aliphatic heterocycles. The lowest BCUT2D eigenvalue weighted by Gasteiger charge is -2.32. The topological polar surface area (TPSA) is 33.2 Å². The maximum Gasteiger partial charge on any atom is 0.164 e. The second kappa shape index (κ2) is 6.69. The number of nitrogens with zero attached hydrogens (tertiary/aromatic N) is 2. The van der Waals surface area contributed by atoms with Crippen molar-refractivity contribution in [2.75, 3.05) is 4.90 Å². The highest BCUT2D eigenvalue weighted by Crippen LogP contribution is 2.22. The monoisotopic (exact) mass is 262 g/mol. The zero-order valence-electron chi connectivity index (χ0n) is 13.0. The van der Waals surface area contributed by atoms with Gasteiger partial charge in [-0.25, -0.2) is 4.98 Å². The van der Waals surface area contributed by atoms with E-state index >= 15 is 0 Å². The molecule has 1 aromatic rings. The summed E-state index contributed by atoms with van der Waals surface area (Å²) in [6.07, 6.45) is 3.14. The minimum Gasteiger partial charge on any atom is -0.352 e. The van der Waals surface area contributed by atoms with Crippen LogP contribution in [0.4, 0.5) is 5.82 Å². The zero-order valence-corrected chi connectivity index (χ0v) is 13.0. The van der Waals surface area contributed by atoms with Crippen molar-refractivity contribution in [3.05, 3.63) is 23.4 Å². The quantitative estimate of drug-likeness (QED) is 0.730. The highest BCUT2D eigenvalue weighted by atomic mass is 16.1. The molecule has 0 unspecified atom stereocenters. The van der Waals surface area contributed by atoms with Gasteiger partial charge in [0.1, 0.15) is 5.82 Å². The Balaban J connectivity index is 3.22. The van der Waals surface area contributed by atoms with Crippen LogP contribution in [0.2, 0.25) is 0 Å². The normalized spacial score (nSPS) is 11.2. The molecule has 0 aromatic carbocycles. The molecule has 0 radical (unpaired) electrons. The molecule has 1 heterocycles. The van der Waals surface area contributed by atoms with Crippen molar-refractivity contribution in [3.8, 4) is 0 Å². The molecule has 1 aromatic heterocycles. The predicted octanol–water partition coefficient (Wildman–Crippen LogP) is 3.86. The highest BCUT2D eigenvalue weighted by molar-refractivity contribution is 5.97. The Hall–Kier alpha value is -1.38. The molecule has 0 atom stereocenters. The minimum absolute atomic E-state index is 0.177. The van der Waals surface area contributed by atoms with Gasteiger partial charge in [-0.3, -0.25) is 4.79 Å². The van der Waals surface area contributed by atoms with E-state index in [0.717, 1.165) is 23.4 Å². The molecule has 19 heavy (non-hydrogen) atoms. The lowest BCUT2D eigenvalue weighted by Crippen LogP contribution is -2.37. The van der Waals surface area contributed by atoms with Gasteiger partial charge in [-0.2, -0.15) is 0 Å². The van der Waals surface area contributed by atoms with E-state index in [1.807, 2.05) is 6.92 Å². The number of anilines is 1. The summed E-state index contributed by atoms with van der Waals surface area (Å²) in [5.41, 5.74) is 1.88. The van der Waals surface area contributed by atoms with Gasteiger partial charge in [-0.05, 0) is 45.7 Å². The van der Waals surface area contributed by atoms with E-state index in [9.17, 15) is 4.79 Å². The second-order valence-corrected chi connectivity index (χ2v) is 5.42. The molecule has 0 aliphatic rings. The number of aryl methyl sites for hydroxylation is 1. The Morgan fingerprint density at radius 3 is 2.21 bits per heavy atom. The summed E-state index contributed by atoms with van der Waals surface area (Å²) in [5.74, 6) is 1.14. The molecule has 106 valence electrons. The van der Waals surface area contributed by atoms with Crippen LogP contribution in [-0.2, 0) is 6.42 Å². The van der Waals surface area contributed by atoms with Gasteiger partial charge in [0.2, 0.25) is 0 Å². The standard InChI is InChI=1S/C16H26N2O/c1-7-13-9-16(18(11(3)4)12(5)6)17-10-14(13)15(19)8-2/h9-12H,7-8H2,1-6H3. The molecule has 3 heteroatoms. The van der Waals surface area contributed by atoms with Gasteiger partial charge in [-0.1, -0.05) is 13.8 Å². The Kier molecular flexibility index (Phi) is 5.52. The van der Waals surface area contributed by atoms with Crippen LogP contribution in [0.3, 0.4) is 0 Å². The van der Waals surface area contributed by atoms with Gasteiger partial charge in [-0.15, -0.1) is 0 Å². The van der Waals surface area contributed by atoms with Crippen LogP contribution in [-0.4, -0.2) is 22.9 Å². The summed E-state index contributed by atoms with van der Waals surface area (Å²) in [4.78, 5) is 18.7. The van der Waals surface area contributed by atoms with Crippen molar-refractivity contribution in [2.45, 2.75) is 66.5 Å². The van der Waals surface area contributed by atoms with Crippen molar-refractivity contribution in [2.24, 2.45) is 0 Å². The SMILES string of the molecule is CCC(=O)c1cnc(N(C(C)C)C(C)C)cc1CC. The fourth-order valence-corrected chi connectivity index (χ4v) is 2.49. The van der Waals surface area contributed by atoms with Gasteiger partial charge in [0, 0.05) is 30.3 Å². The van der Waals surface area contributed by atoms with Crippen LogP contribution in [0, 0.1) is 0 Å². The number of Topliss-reactive ketones (excluding diaryl/α,β-unsaturated/α-hetero) is 1. The number of hydrogen-bond donors (Lipinski definition) is 0. The lowest BCUT2D eigenvalue weighted by molar-refractivity contribution is 0.0987. The molecule has 0 spiro atoms. The Morgan fingerprint density at radius 2 is 1.79 bits per heavy atom. The summed E-state index contributed by atoms with van der Waals surface area (Å²) in [6.45, 7) is 12.6. The lowest BCUT2D eigenvalue weighted by atomic mass is 10.0. The van der Waals surface area contributed by atoms with Gasteiger partial charge >= 0.3 is 0 Å². The molecule has 3 nitrogen and oxygen atoms in total. The molecular formula is C16H26N2O. The van der Waals surface area contributed by atoms with Crippen molar-refractivity contribution in [1.29, 1.82) is 0 Å². The van der Waals surface area contributed by atoms with Crippen LogP contribution in [0.1, 0.15) is 63.9 Å². The number of carbonyl (C=O) groups is 1. The summed E-state index contributed by atoms with van der Waals surface area (Å²) in [7, 11) is 0. The van der Waals surface area contributed by atoms with E-state index in [4.69, 9.17) is 0 Å². The average Bonchev–Trinajstić information content (AvgIpc) is 2.36. The van der Waals surface area contributed by atoms with Gasteiger partial charge < -0.3 is 4.90 Å². The molecular weight excluding hydrogens is 236 g/mol. The van der Waals surface area contributed by atoms with Gasteiger partial charge in [0.05, 0.1) is 0 Å². The number of hydrogen-bond acceptors (Lipinski definition) is 3. The molecule has 0 amide bonds. The fraction of sp³-hybridized carbons (Fsp3) is 0.625. The first-order valence-electron chi connectivity index (χ1n) is 7.22. The van der Waals surface area contributed by atoms with Crippen molar-refractivity contribution in [1.82, 2.24) is 4.98 Å². The van der Waals surface area contributed by atoms with Gasteiger partial charge in [0.15, 0.2) is 5.78 Å².